The number of hydrogen-bond acceptors (Lipinski definition) is 3. The molecular formula is C14H17NO2. The van der Waals surface area contributed by atoms with Gasteiger partial charge in [0.05, 0.1) is 6.21 Å². The summed E-state index contributed by atoms with van der Waals surface area (Å²) in [7, 11) is 0. The summed E-state index contributed by atoms with van der Waals surface area (Å²) >= 11 is 0. The van der Waals surface area contributed by atoms with Crippen molar-refractivity contribution in [3.63, 3.8) is 0 Å². The molecule has 17 heavy (non-hydrogen) atoms. The highest BCUT2D eigenvalue weighted by Gasteiger charge is 2.10. The van der Waals surface area contributed by atoms with Crippen LogP contribution in [0.1, 0.15) is 26.3 Å². The quantitative estimate of drug-likeness (QED) is 0.453. The molecule has 0 unspecified atom stereocenters. The van der Waals surface area contributed by atoms with Gasteiger partial charge in [0.25, 0.3) is 0 Å². The largest absolute Gasteiger partial charge is 0.331 e. The third-order valence-electron chi connectivity index (χ3n) is 2.07. The lowest BCUT2D eigenvalue weighted by Crippen LogP contribution is -2.09. The summed E-state index contributed by atoms with van der Waals surface area (Å²) in [5.41, 5.74) is 0.868. The average molecular weight is 231 g/mol. The summed E-state index contributed by atoms with van der Waals surface area (Å²) in [6.45, 7) is 5.29. The number of hydrogen-bond donors (Lipinski definition) is 0. The average Bonchev–Trinajstić information content (AvgIpc) is 2.27. The Kier molecular flexibility index (Phi) is 4.64. The van der Waals surface area contributed by atoms with E-state index in [0.29, 0.717) is 0 Å². The molecule has 0 radical (unpaired) electrons. The highest BCUT2D eigenvalue weighted by Crippen LogP contribution is 2.16. The predicted octanol–water partition coefficient (Wildman–Crippen LogP) is 3.27. The van der Waals surface area contributed by atoms with Crippen molar-refractivity contribution in [1.82, 2.24) is 0 Å². The number of benzene rings is 1. The molecule has 0 amide bonds. The molecule has 0 aliphatic rings. The van der Waals surface area contributed by atoms with Crippen LogP contribution in [-0.4, -0.2) is 12.2 Å². The molecule has 0 aliphatic carbocycles. The van der Waals surface area contributed by atoms with Crippen molar-refractivity contribution in [3.8, 4) is 0 Å². The van der Waals surface area contributed by atoms with Crippen molar-refractivity contribution in [2.45, 2.75) is 20.8 Å². The molecular weight excluding hydrogens is 214 g/mol. The van der Waals surface area contributed by atoms with E-state index in [-0.39, 0.29) is 5.41 Å². The van der Waals surface area contributed by atoms with Gasteiger partial charge in [0.2, 0.25) is 0 Å². The molecule has 0 N–H and O–H groups in total. The van der Waals surface area contributed by atoms with Gasteiger partial charge in [-0.25, -0.2) is 4.79 Å². The standard InChI is InChI=1S/C14H17NO2/c1-12(16)17-15-11-14(2,3)10-9-13-7-5-4-6-8-13/h4-11H,1-3H3/b10-9+,15-11+. The van der Waals surface area contributed by atoms with Crippen LogP contribution in [0, 0.1) is 5.41 Å². The van der Waals surface area contributed by atoms with Crippen molar-refractivity contribution in [1.29, 1.82) is 0 Å². The van der Waals surface area contributed by atoms with E-state index in [9.17, 15) is 4.79 Å². The third kappa shape index (κ3) is 5.66. The summed E-state index contributed by atoms with van der Waals surface area (Å²) in [6.07, 6.45) is 5.63. The first-order chi connectivity index (χ1) is 7.99. The topological polar surface area (TPSA) is 38.7 Å². The fourth-order valence-corrected chi connectivity index (χ4v) is 1.15. The van der Waals surface area contributed by atoms with Crippen molar-refractivity contribution in [3.05, 3.63) is 42.0 Å². The zero-order chi connectivity index (χ0) is 12.7. The lowest BCUT2D eigenvalue weighted by Gasteiger charge is -2.12. The fourth-order valence-electron chi connectivity index (χ4n) is 1.15. The van der Waals surface area contributed by atoms with Gasteiger partial charge in [-0.15, -0.1) is 0 Å². The molecule has 0 saturated carbocycles. The van der Waals surface area contributed by atoms with Crippen molar-refractivity contribution >= 4 is 18.3 Å². The van der Waals surface area contributed by atoms with E-state index in [1.165, 1.54) is 6.92 Å². The second kappa shape index (κ2) is 5.99. The molecule has 0 saturated heterocycles. The van der Waals surface area contributed by atoms with Crippen molar-refractivity contribution in [2.24, 2.45) is 10.6 Å². The van der Waals surface area contributed by atoms with E-state index in [4.69, 9.17) is 0 Å². The second-order valence-electron chi connectivity index (χ2n) is 4.38. The Morgan fingerprint density at radius 1 is 1.29 bits per heavy atom. The summed E-state index contributed by atoms with van der Waals surface area (Å²) in [5, 5.41) is 3.63. The minimum atomic E-state index is -0.413. The maximum Gasteiger partial charge on any atom is 0.331 e. The molecule has 0 fully saturated rings. The number of carbonyl (C=O) groups is 1. The zero-order valence-electron chi connectivity index (χ0n) is 10.4. The van der Waals surface area contributed by atoms with Gasteiger partial charge < -0.3 is 4.84 Å². The highest BCUT2D eigenvalue weighted by atomic mass is 16.7. The fraction of sp³-hybridized carbons (Fsp3) is 0.286. The van der Waals surface area contributed by atoms with Crippen molar-refractivity contribution in [2.75, 3.05) is 0 Å². The second-order valence-corrected chi connectivity index (χ2v) is 4.38. The molecule has 1 rings (SSSR count). The Balaban J connectivity index is 2.63. The number of oxime groups is 1. The first-order valence-corrected chi connectivity index (χ1v) is 5.46. The maximum atomic E-state index is 10.6. The Bertz CT molecular complexity index is 419. The van der Waals surface area contributed by atoms with Gasteiger partial charge in [0.15, 0.2) is 0 Å². The SMILES string of the molecule is CC(=O)O/N=C/C(C)(C)/C=C/c1ccccc1. The van der Waals surface area contributed by atoms with Crippen LogP contribution in [0.4, 0.5) is 0 Å². The molecule has 0 bridgehead atoms. The van der Waals surface area contributed by atoms with E-state index in [2.05, 4.69) is 9.99 Å². The monoisotopic (exact) mass is 231 g/mol. The Labute approximate surface area is 102 Å². The molecule has 3 heteroatoms. The molecule has 3 nitrogen and oxygen atoms in total. The van der Waals surface area contributed by atoms with Crippen LogP contribution in [0.3, 0.4) is 0 Å². The minimum absolute atomic E-state index is 0.259. The van der Waals surface area contributed by atoms with Crippen LogP contribution in [0.25, 0.3) is 6.08 Å². The normalized spacial score (nSPS) is 12.2. The lowest BCUT2D eigenvalue weighted by atomic mass is 9.94. The molecule has 0 heterocycles. The third-order valence-corrected chi connectivity index (χ3v) is 2.07. The zero-order valence-corrected chi connectivity index (χ0v) is 10.4. The molecule has 0 aromatic heterocycles. The van der Waals surface area contributed by atoms with Crippen LogP contribution < -0.4 is 0 Å². The summed E-state index contributed by atoms with van der Waals surface area (Å²) in [5.74, 6) is -0.413. The Morgan fingerprint density at radius 3 is 2.53 bits per heavy atom. The first-order valence-electron chi connectivity index (χ1n) is 5.46. The lowest BCUT2D eigenvalue weighted by molar-refractivity contribution is -0.140. The number of allylic oxidation sites excluding steroid dienone is 1. The summed E-state index contributed by atoms with van der Waals surface area (Å²) in [6, 6.07) is 10.00. The van der Waals surface area contributed by atoms with Crippen molar-refractivity contribution < 1.29 is 9.63 Å². The number of rotatable bonds is 4. The van der Waals surface area contributed by atoms with Gasteiger partial charge in [-0.1, -0.05) is 61.5 Å². The summed E-state index contributed by atoms with van der Waals surface area (Å²) < 4.78 is 0. The van der Waals surface area contributed by atoms with Crippen LogP contribution in [0.15, 0.2) is 41.6 Å². The Hall–Kier alpha value is -1.90. The molecule has 0 aliphatic heterocycles. The Morgan fingerprint density at radius 2 is 1.94 bits per heavy atom. The van der Waals surface area contributed by atoms with E-state index < -0.39 is 5.97 Å². The van der Waals surface area contributed by atoms with Gasteiger partial charge >= 0.3 is 5.97 Å². The van der Waals surface area contributed by atoms with Crippen LogP contribution in [-0.2, 0) is 9.63 Å². The van der Waals surface area contributed by atoms with Crippen LogP contribution in [0.2, 0.25) is 0 Å². The van der Waals surface area contributed by atoms with Crippen LogP contribution in [0.5, 0.6) is 0 Å². The smallest absolute Gasteiger partial charge is 0.319 e. The maximum absolute atomic E-state index is 10.6. The van der Waals surface area contributed by atoms with Gasteiger partial charge in [-0.05, 0) is 5.56 Å². The molecule has 1 aromatic carbocycles. The molecule has 0 atom stereocenters. The van der Waals surface area contributed by atoms with Gasteiger partial charge in [-0.3, -0.25) is 0 Å². The van der Waals surface area contributed by atoms with Gasteiger partial charge in [-0.2, -0.15) is 0 Å². The van der Waals surface area contributed by atoms with Crippen LogP contribution >= 0.6 is 0 Å². The number of nitrogens with zero attached hydrogens (tertiary/aromatic N) is 1. The van der Waals surface area contributed by atoms with E-state index in [1.807, 2.05) is 56.3 Å². The van der Waals surface area contributed by atoms with Gasteiger partial charge in [0, 0.05) is 12.3 Å². The summed E-state index contributed by atoms with van der Waals surface area (Å²) in [4.78, 5) is 15.1. The minimum Gasteiger partial charge on any atom is -0.319 e. The number of carbonyl (C=O) groups excluding carboxylic acids is 1. The molecule has 1 aromatic rings. The molecule has 90 valence electrons. The predicted molar refractivity (Wildman–Crippen MR) is 69.5 cm³/mol. The van der Waals surface area contributed by atoms with Gasteiger partial charge in [0.1, 0.15) is 0 Å². The molecule has 0 spiro atoms. The highest BCUT2D eigenvalue weighted by molar-refractivity contribution is 5.71. The van der Waals surface area contributed by atoms with E-state index in [0.717, 1.165) is 5.56 Å². The van der Waals surface area contributed by atoms with E-state index >= 15 is 0 Å². The first kappa shape index (κ1) is 13.2. The van der Waals surface area contributed by atoms with E-state index in [1.54, 1.807) is 6.21 Å².